The Bertz CT molecular complexity index is 512. The molecule has 1 unspecified atom stereocenters. The van der Waals surface area contributed by atoms with Gasteiger partial charge in [-0.25, -0.2) is 12.7 Å². The number of unbranched alkanes of at least 4 members (excludes halogenated alkanes) is 5. The topological polar surface area (TPSA) is 89.9 Å². The molecule has 0 radical (unpaired) electrons. The summed E-state index contributed by atoms with van der Waals surface area (Å²) in [6, 6.07) is 0. The molecule has 7 nitrogen and oxygen atoms in total. The lowest BCUT2D eigenvalue weighted by atomic mass is 10.1. The van der Waals surface area contributed by atoms with Crippen LogP contribution in [-0.4, -0.2) is 81.3 Å². The highest BCUT2D eigenvalue weighted by atomic mass is 32.2. The van der Waals surface area contributed by atoms with Gasteiger partial charge < -0.3 is 15.3 Å². The van der Waals surface area contributed by atoms with Crippen LogP contribution in [0.1, 0.15) is 77.6 Å². The number of nitrogens with zero attached hydrogens (tertiary/aromatic N) is 2. The van der Waals surface area contributed by atoms with E-state index in [-0.39, 0.29) is 12.0 Å². The molecule has 1 atom stereocenters. The van der Waals surface area contributed by atoms with E-state index in [1.165, 1.54) is 10.6 Å². The van der Waals surface area contributed by atoms with Gasteiger partial charge in [-0.2, -0.15) is 0 Å². The van der Waals surface area contributed by atoms with Crippen LogP contribution in [0.2, 0.25) is 0 Å². The Balaban J connectivity index is 3.92. The maximum absolute atomic E-state index is 12.0. The summed E-state index contributed by atoms with van der Waals surface area (Å²) in [7, 11) is 0.724. The zero-order valence-corrected chi connectivity index (χ0v) is 20.0. The van der Waals surface area contributed by atoms with Crippen molar-refractivity contribution in [1.82, 2.24) is 14.5 Å². The monoisotopic (exact) mass is 435 g/mol. The lowest BCUT2D eigenvalue weighted by molar-refractivity contribution is -0.121. The molecule has 174 valence electrons. The average molecular weight is 436 g/mol. The van der Waals surface area contributed by atoms with Gasteiger partial charge >= 0.3 is 0 Å². The minimum Gasteiger partial charge on any atom is -0.393 e. The van der Waals surface area contributed by atoms with Crippen LogP contribution in [0.3, 0.4) is 0 Å². The third-order valence-corrected chi connectivity index (χ3v) is 6.30. The smallest absolute Gasteiger partial charge is 0.220 e. The van der Waals surface area contributed by atoms with Gasteiger partial charge in [-0.15, -0.1) is 0 Å². The van der Waals surface area contributed by atoms with Crippen LogP contribution in [0, 0.1) is 0 Å². The Morgan fingerprint density at radius 3 is 2.17 bits per heavy atom. The fourth-order valence-corrected chi connectivity index (χ4v) is 4.08. The second-order valence-corrected chi connectivity index (χ2v) is 10.3. The number of carbonyl (C=O) groups excluding carboxylic acids is 1. The number of carbonyl (C=O) groups is 1. The summed E-state index contributed by atoms with van der Waals surface area (Å²) in [6.45, 7) is 4.63. The van der Waals surface area contributed by atoms with Crippen molar-refractivity contribution in [2.75, 3.05) is 46.5 Å². The molecule has 0 heterocycles. The molecule has 0 fully saturated rings. The summed E-state index contributed by atoms with van der Waals surface area (Å²) in [4.78, 5) is 13.7. The third-order valence-electron chi connectivity index (χ3n) is 5.00. The number of hydrogen-bond donors (Lipinski definition) is 2. The molecule has 0 aromatic carbocycles. The van der Waals surface area contributed by atoms with Crippen LogP contribution in [0.4, 0.5) is 0 Å². The number of hydrogen-bond acceptors (Lipinski definition) is 5. The van der Waals surface area contributed by atoms with Crippen LogP contribution in [0.15, 0.2) is 0 Å². The highest BCUT2D eigenvalue weighted by Crippen LogP contribution is 2.11. The van der Waals surface area contributed by atoms with E-state index in [4.69, 9.17) is 0 Å². The van der Waals surface area contributed by atoms with E-state index in [1.54, 1.807) is 0 Å². The van der Waals surface area contributed by atoms with Gasteiger partial charge in [0.2, 0.25) is 15.9 Å². The van der Waals surface area contributed by atoms with Crippen molar-refractivity contribution in [3.63, 3.8) is 0 Å². The average Bonchev–Trinajstić information content (AvgIpc) is 2.62. The molecule has 0 saturated carbocycles. The summed E-state index contributed by atoms with van der Waals surface area (Å²) in [5, 5.41) is 12.9. The molecule has 0 saturated heterocycles. The number of sulfonamides is 1. The van der Waals surface area contributed by atoms with E-state index < -0.39 is 10.0 Å². The van der Waals surface area contributed by atoms with Gasteiger partial charge in [0.1, 0.15) is 0 Å². The predicted octanol–water partition coefficient (Wildman–Crippen LogP) is 2.60. The zero-order valence-electron chi connectivity index (χ0n) is 19.2. The van der Waals surface area contributed by atoms with Gasteiger partial charge in [-0.3, -0.25) is 4.79 Å². The molecule has 0 aromatic rings. The minimum absolute atomic E-state index is 0.0853. The number of aliphatic hydroxyl groups is 1. The first-order valence-corrected chi connectivity index (χ1v) is 13.1. The molecule has 2 N–H and O–H groups in total. The van der Waals surface area contributed by atoms with Crippen molar-refractivity contribution >= 4 is 15.9 Å². The highest BCUT2D eigenvalue weighted by Gasteiger charge is 2.16. The molecular formula is C21H45N3O4S. The summed E-state index contributed by atoms with van der Waals surface area (Å²) < 4.78 is 25.5. The molecule has 0 rings (SSSR count). The number of rotatable bonds is 19. The van der Waals surface area contributed by atoms with Gasteiger partial charge in [-0.1, -0.05) is 39.0 Å². The Kier molecular flexibility index (Phi) is 16.6. The first-order valence-electron chi connectivity index (χ1n) is 11.2. The van der Waals surface area contributed by atoms with E-state index in [0.717, 1.165) is 57.9 Å². The van der Waals surface area contributed by atoms with E-state index in [9.17, 15) is 18.3 Å². The van der Waals surface area contributed by atoms with Crippen molar-refractivity contribution in [3.8, 4) is 0 Å². The number of amides is 1. The Morgan fingerprint density at radius 2 is 1.55 bits per heavy atom. The van der Waals surface area contributed by atoms with Crippen LogP contribution >= 0.6 is 0 Å². The first-order chi connectivity index (χ1) is 13.7. The van der Waals surface area contributed by atoms with Gasteiger partial charge in [0, 0.05) is 32.6 Å². The maximum atomic E-state index is 12.0. The molecule has 8 heteroatoms. The molecule has 0 aliphatic carbocycles. The second-order valence-electron chi connectivity index (χ2n) is 8.27. The quantitative estimate of drug-likeness (QED) is 0.304. The van der Waals surface area contributed by atoms with Crippen molar-refractivity contribution in [1.29, 1.82) is 0 Å². The van der Waals surface area contributed by atoms with Gasteiger partial charge in [0.15, 0.2) is 0 Å². The summed E-state index contributed by atoms with van der Waals surface area (Å²) in [5.41, 5.74) is 0. The van der Waals surface area contributed by atoms with Crippen LogP contribution < -0.4 is 5.32 Å². The molecule has 0 aliphatic rings. The number of nitrogens with one attached hydrogen (secondary N) is 1. The van der Waals surface area contributed by atoms with E-state index >= 15 is 0 Å². The highest BCUT2D eigenvalue weighted by molar-refractivity contribution is 7.88. The van der Waals surface area contributed by atoms with Gasteiger partial charge in [-0.05, 0) is 46.2 Å². The molecule has 29 heavy (non-hydrogen) atoms. The lowest BCUT2D eigenvalue weighted by Crippen LogP contribution is -2.32. The van der Waals surface area contributed by atoms with Crippen molar-refractivity contribution in [2.24, 2.45) is 0 Å². The molecule has 0 aliphatic heterocycles. The zero-order chi connectivity index (χ0) is 22.1. The summed E-state index contributed by atoms with van der Waals surface area (Å²) in [6.07, 6.45) is 10.4. The number of aliphatic hydroxyl groups excluding tert-OH is 1. The molecule has 0 aromatic heterocycles. The molecule has 1 amide bonds. The summed E-state index contributed by atoms with van der Waals surface area (Å²) >= 11 is 0. The Labute approximate surface area is 179 Å². The van der Waals surface area contributed by atoms with Crippen molar-refractivity contribution in [3.05, 3.63) is 0 Å². The molecule has 0 bridgehead atoms. The fraction of sp³-hybridized carbons (Fsp3) is 0.952. The van der Waals surface area contributed by atoms with E-state index in [2.05, 4.69) is 12.2 Å². The predicted molar refractivity (Wildman–Crippen MR) is 120 cm³/mol. The minimum atomic E-state index is -3.22. The van der Waals surface area contributed by atoms with Gasteiger partial charge in [0.05, 0.1) is 12.4 Å². The molecule has 0 spiro atoms. The van der Waals surface area contributed by atoms with E-state index in [1.807, 2.05) is 19.0 Å². The maximum Gasteiger partial charge on any atom is 0.220 e. The normalized spacial score (nSPS) is 13.2. The lowest BCUT2D eigenvalue weighted by Gasteiger charge is -2.20. The van der Waals surface area contributed by atoms with Crippen LogP contribution in [0.5, 0.6) is 0 Å². The number of likely N-dealkylation sites (N-methyl/N-ethyl adjacent to an activating group) is 1. The fourth-order valence-electron chi connectivity index (χ4n) is 3.16. The molecular weight excluding hydrogens is 390 g/mol. The van der Waals surface area contributed by atoms with E-state index in [0.29, 0.717) is 38.9 Å². The second kappa shape index (κ2) is 17.0. The van der Waals surface area contributed by atoms with Crippen molar-refractivity contribution < 1.29 is 18.3 Å². The van der Waals surface area contributed by atoms with Crippen LogP contribution in [-0.2, 0) is 14.8 Å². The first kappa shape index (κ1) is 28.3. The SMILES string of the molecule is CCCCCC(O)CCCN(CCCCCCC(=O)NCCN(C)C)S(C)(=O)=O. The Hall–Kier alpha value is -0.700. The van der Waals surface area contributed by atoms with Gasteiger partial charge in [0.25, 0.3) is 0 Å². The standard InChI is InChI=1S/C21H45N3O4S/c1-5-6-9-13-20(25)14-12-18-24(29(4,27)28)17-11-8-7-10-15-21(26)22-16-19-23(2)3/h20,25H,5-19H2,1-4H3,(H,22,26). The van der Waals surface area contributed by atoms with Crippen molar-refractivity contribution in [2.45, 2.75) is 83.7 Å². The van der Waals surface area contributed by atoms with Crippen LogP contribution in [0.25, 0.3) is 0 Å². The third kappa shape index (κ3) is 17.8. The largest absolute Gasteiger partial charge is 0.393 e. The Morgan fingerprint density at radius 1 is 0.931 bits per heavy atom. The summed E-state index contributed by atoms with van der Waals surface area (Å²) in [5.74, 6) is 0.0853.